The van der Waals surface area contributed by atoms with Crippen molar-refractivity contribution in [3.63, 3.8) is 0 Å². The van der Waals surface area contributed by atoms with Gasteiger partial charge in [0.2, 0.25) is 0 Å². The van der Waals surface area contributed by atoms with Gasteiger partial charge in [-0.1, -0.05) is 0 Å². The molecule has 0 spiro atoms. The van der Waals surface area contributed by atoms with E-state index in [0.717, 1.165) is 32.8 Å². The van der Waals surface area contributed by atoms with Crippen LogP contribution in [0.2, 0.25) is 0 Å². The van der Waals surface area contributed by atoms with E-state index in [2.05, 4.69) is 24.1 Å². The smallest absolute Gasteiger partial charge is 0.123 e. The van der Waals surface area contributed by atoms with Gasteiger partial charge in [0, 0.05) is 26.2 Å². The monoisotopic (exact) mass is 200 g/mol. The highest BCUT2D eigenvalue weighted by Gasteiger charge is 2.29. The van der Waals surface area contributed by atoms with Gasteiger partial charge in [-0.2, -0.15) is 0 Å². The number of nitrogens with one attached hydrogen (secondary N) is 1. The Morgan fingerprint density at radius 1 is 1.21 bits per heavy atom. The molecule has 0 bridgehead atoms. The predicted octanol–water partition coefficient (Wildman–Crippen LogP) is 0.0415. The summed E-state index contributed by atoms with van der Waals surface area (Å²) in [7, 11) is 0. The fraction of sp³-hybridized carbons (Fsp3) is 1.00. The summed E-state index contributed by atoms with van der Waals surface area (Å²) < 4.78 is 11.4. The lowest BCUT2D eigenvalue weighted by atomic mass is 10.2. The Labute approximate surface area is 85.5 Å². The molecule has 1 N–H and O–H groups in total. The molecule has 0 aromatic heterocycles. The molecule has 0 aromatic carbocycles. The van der Waals surface area contributed by atoms with Crippen LogP contribution in [0.15, 0.2) is 0 Å². The SMILES string of the molecule is CC1CN(C2CNCCO2)CC(C)O1. The first-order valence-electron chi connectivity index (χ1n) is 5.47. The lowest BCUT2D eigenvalue weighted by Gasteiger charge is -2.41. The van der Waals surface area contributed by atoms with Gasteiger partial charge in [-0.25, -0.2) is 0 Å². The van der Waals surface area contributed by atoms with Crippen molar-refractivity contribution in [2.24, 2.45) is 0 Å². The average molecular weight is 200 g/mol. The fourth-order valence-corrected chi connectivity index (χ4v) is 2.24. The topological polar surface area (TPSA) is 33.7 Å². The number of rotatable bonds is 1. The second kappa shape index (κ2) is 4.57. The number of morpholine rings is 2. The highest BCUT2D eigenvalue weighted by atomic mass is 16.5. The van der Waals surface area contributed by atoms with E-state index >= 15 is 0 Å². The minimum Gasteiger partial charge on any atom is -0.373 e. The summed E-state index contributed by atoms with van der Waals surface area (Å²) in [6.07, 6.45) is 0.895. The van der Waals surface area contributed by atoms with E-state index in [-0.39, 0.29) is 6.23 Å². The van der Waals surface area contributed by atoms with Crippen LogP contribution < -0.4 is 5.32 Å². The number of ether oxygens (including phenoxy) is 2. The molecule has 4 heteroatoms. The van der Waals surface area contributed by atoms with Crippen LogP contribution in [0.4, 0.5) is 0 Å². The molecule has 4 nitrogen and oxygen atoms in total. The van der Waals surface area contributed by atoms with Gasteiger partial charge in [0.05, 0.1) is 18.8 Å². The first-order valence-corrected chi connectivity index (χ1v) is 5.47. The second-order valence-corrected chi connectivity index (χ2v) is 4.24. The highest BCUT2D eigenvalue weighted by molar-refractivity contribution is 4.78. The summed E-state index contributed by atoms with van der Waals surface area (Å²) in [5, 5.41) is 3.35. The molecule has 0 amide bonds. The molecule has 3 unspecified atom stereocenters. The Bertz CT molecular complexity index is 173. The van der Waals surface area contributed by atoms with E-state index in [9.17, 15) is 0 Å². The highest BCUT2D eigenvalue weighted by Crippen LogP contribution is 2.14. The van der Waals surface area contributed by atoms with Gasteiger partial charge in [-0.05, 0) is 13.8 Å². The predicted molar refractivity (Wildman–Crippen MR) is 54.2 cm³/mol. The largest absolute Gasteiger partial charge is 0.373 e. The van der Waals surface area contributed by atoms with Crippen LogP contribution in [-0.4, -0.2) is 56.1 Å². The molecular weight excluding hydrogens is 180 g/mol. The van der Waals surface area contributed by atoms with Gasteiger partial charge in [-0.3, -0.25) is 4.90 Å². The van der Waals surface area contributed by atoms with Crippen molar-refractivity contribution in [2.75, 3.05) is 32.8 Å². The Balaban J connectivity index is 1.88. The Hall–Kier alpha value is -0.160. The summed E-state index contributed by atoms with van der Waals surface area (Å²) >= 11 is 0. The third-order valence-corrected chi connectivity index (χ3v) is 2.76. The maximum Gasteiger partial charge on any atom is 0.123 e. The van der Waals surface area contributed by atoms with Crippen molar-refractivity contribution >= 4 is 0 Å². The van der Waals surface area contributed by atoms with E-state index in [1.54, 1.807) is 0 Å². The van der Waals surface area contributed by atoms with Crippen LogP contribution in [0.1, 0.15) is 13.8 Å². The zero-order valence-corrected chi connectivity index (χ0v) is 9.03. The van der Waals surface area contributed by atoms with Crippen molar-refractivity contribution < 1.29 is 9.47 Å². The van der Waals surface area contributed by atoms with E-state index in [0.29, 0.717) is 12.2 Å². The zero-order valence-electron chi connectivity index (χ0n) is 9.03. The minimum atomic E-state index is 0.248. The van der Waals surface area contributed by atoms with Crippen molar-refractivity contribution in [1.82, 2.24) is 10.2 Å². The summed E-state index contributed by atoms with van der Waals surface area (Å²) in [5.74, 6) is 0. The maximum atomic E-state index is 5.72. The molecule has 2 rings (SSSR count). The second-order valence-electron chi connectivity index (χ2n) is 4.24. The number of hydrogen-bond acceptors (Lipinski definition) is 4. The third-order valence-electron chi connectivity index (χ3n) is 2.76. The van der Waals surface area contributed by atoms with Crippen molar-refractivity contribution in [2.45, 2.75) is 32.3 Å². The van der Waals surface area contributed by atoms with Crippen molar-refractivity contribution in [1.29, 1.82) is 0 Å². The summed E-state index contributed by atoms with van der Waals surface area (Å²) in [5.41, 5.74) is 0. The molecular formula is C10H20N2O2. The van der Waals surface area contributed by atoms with E-state index in [1.807, 2.05) is 0 Å². The summed E-state index contributed by atoms with van der Waals surface area (Å²) in [6, 6.07) is 0. The van der Waals surface area contributed by atoms with Gasteiger partial charge in [0.1, 0.15) is 6.23 Å². The fourth-order valence-electron chi connectivity index (χ4n) is 2.24. The molecule has 2 aliphatic rings. The molecule has 82 valence electrons. The number of hydrogen-bond donors (Lipinski definition) is 1. The van der Waals surface area contributed by atoms with Crippen LogP contribution in [0.25, 0.3) is 0 Å². The molecule has 2 heterocycles. The van der Waals surface area contributed by atoms with E-state index < -0.39 is 0 Å². The standard InChI is InChI=1S/C10H20N2O2/c1-8-6-12(7-9(2)14-8)10-5-11-3-4-13-10/h8-11H,3-7H2,1-2H3. The first kappa shape index (κ1) is 10.4. The molecule has 3 atom stereocenters. The van der Waals surface area contributed by atoms with Crippen LogP contribution in [0.5, 0.6) is 0 Å². The van der Waals surface area contributed by atoms with Crippen molar-refractivity contribution in [3.05, 3.63) is 0 Å². The maximum absolute atomic E-state index is 5.72. The van der Waals surface area contributed by atoms with Crippen molar-refractivity contribution in [3.8, 4) is 0 Å². The molecule has 2 aliphatic heterocycles. The Kier molecular flexibility index (Phi) is 3.38. The van der Waals surface area contributed by atoms with Gasteiger partial charge in [0.25, 0.3) is 0 Å². The lowest BCUT2D eigenvalue weighted by Crippen LogP contribution is -2.56. The average Bonchev–Trinajstić information content (AvgIpc) is 2.18. The molecule has 0 saturated carbocycles. The van der Waals surface area contributed by atoms with Crippen LogP contribution >= 0.6 is 0 Å². The van der Waals surface area contributed by atoms with Crippen LogP contribution in [0, 0.1) is 0 Å². The Morgan fingerprint density at radius 2 is 1.93 bits per heavy atom. The Morgan fingerprint density at radius 3 is 2.50 bits per heavy atom. The van der Waals surface area contributed by atoms with Crippen LogP contribution in [-0.2, 0) is 9.47 Å². The van der Waals surface area contributed by atoms with Gasteiger partial charge < -0.3 is 14.8 Å². The van der Waals surface area contributed by atoms with Gasteiger partial charge >= 0.3 is 0 Å². The normalized spacial score (nSPS) is 41.1. The molecule has 0 aromatic rings. The van der Waals surface area contributed by atoms with Crippen LogP contribution in [0.3, 0.4) is 0 Å². The third kappa shape index (κ3) is 2.45. The molecule has 2 fully saturated rings. The molecule has 2 saturated heterocycles. The number of nitrogens with zero attached hydrogens (tertiary/aromatic N) is 1. The van der Waals surface area contributed by atoms with Gasteiger partial charge in [-0.15, -0.1) is 0 Å². The molecule has 0 radical (unpaired) electrons. The summed E-state index contributed by atoms with van der Waals surface area (Å²) in [4.78, 5) is 2.38. The first-order chi connectivity index (χ1) is 6.75. The lowest BCUT2D eigenvalue weighted by molar-refractivity contribution is -0.145. The van der Waals surface area contributed by atoms with E-state index in [4.69, 9.17) is 9.47 Å². The zero-order chi connectivity index (χ0) is 9.97. The summed E-state index contributed by atoms with van der Waals surface area (Å²) in [6.45, 7) is 8.96. The van der Waals surface area contributed by atoms with E-state index in [1.165, 1.54) is 0 Å². The van der Waals surface area contributed by atoms with Gasteiger partial charge in [0.15, 0.2) is 0 Å². The minimum absolute atomic E-state index is 0.248. The molecule has 14 heavy (non-hydrogen) atoms. The quantitative estimate of drug-likeness (QED) is 0.648. The molecule has 0 aliphatic carbocycles.